The van der Waals surface area contributed by atoms with E-state index in [1.807, 2.05) is 13.1 Å². The predicted molar refractivity (Wildman–Crippen MR) is 60.4 cm³/mol. The highest BCUT2D eigenvalue weighted by molar-refractivity contribution is 5.13. The third-order valence-electron chi connectivity index (χ3n) is 2.04. The van der Waals surface area contributed by atoms with E-state index in [0.717, 1.165) is 18.7 Å². The first kappa shape index (κ1) is 11.2. The van der Waals surface area contributed by atoms with Crippen LogP contribution in [0.15, 0.2) is 18.3 Å². The van der Waals surface area contributed by atoms with E-state index in [4.69, 9.17) is 0 Å². The van der Waals surface area contributed by atoms with Crippen LogP contribution in [0.1, 0.15) is 32.0 Å². The van der Waals surface area contributed by atoms with Crippen molar-refractivity contribution in [1.82, 2.24) is 10.3 Å². The summed E-state index contributed by atoms with van der Waals surface area (Å²) in [5.74, 6) is 0. The first-order valence-corrected chi connectivity index (χ1v) is 5.14. The van der Waals surface area contributed by atoms with Crippen LogP contribution in [0.3, 0.4) is 0 Å². The van der Waals surface area contributed by atoms with Crippen molar-refractivity contribution in [2.75, 3.05) is 6.54 Å². The Morgan fingerprint density at radius 1 is 1.29 bits per heavy atom. The highest BCUT2D eigenvalue weighted by Crippen LogP contribution is 2.02. The van der Waals surface area contributed by atoms with Gasteiger partial charge in [-0.3, -0.25) is 4.98 Å². The van der Waals surface area contributed by atoms with Crippen LogP contribution in [0.4, 0.5) is 0 Å². The molecule has 1 rings (SSSR count). The molecule has 0 saturated heterocycles. The van der Waals surface area contributed by atoms with E-state index < -0.39 is 0 Å². The SMILES string of the molecule is Cc1ccc(CCNC(C)(C)C)cn1. The van der Waals surface area contributed by atoms with Gasteiger partial charge in [-0.05, 0) is 52.3 Å². The number of pyridine rings is 1. The Kier molecular flexibility index (Phi) is 3.64. The lowest BCUT2D eigenvalue weighted by molar-refractivity contribution is 0.429. The molecule has 0 amide bonds. The molecule has 0 unspecified atom stereocenters. The molecule has 0 bridgehead atoms. The van der Waals surface area contributed by atoms with E-state index in [2.05, 4.69) is 43.2 Å². The van der Waals surface area contributed by atoms with E-state index in [0.29, 0.717) is 0 Å². The summed E-state index contributed by atoms with van der Waals surface area (Å²) >= 11 is 0. The molecular weight excluding hydrogens is 172 g/mol. The number of nitrogens with zero attached hydrogens (tertiary/aromatic N) is 1. The summed E-state index contributed by atoms with van der Waals surface area (Å²) in [5, 5.41) is 3.46. The standard InChI is InChI=1S/C12H20N2/c1-10-5-6-11(9-13-10)7-8-14-12(2,3)4/h5-6,9,14H,7-8H2,1-4H3. The van der Waals surface area contributed by atoms with E-state index in [-0.39, 0.29) is 5.54 Å². The van der Waals surface area contributed by atoms with Gasteiger partial charge in [-0.25, -0.2) is 0 Å². The third kappa shape index (κ3) is 4.38. The summed E-state index contributed by atoms with van der Waals surface area (Å²) < 4.78 is 0. The maximum absolute atomic E-state index is 4.27. The smallest absolute Gasteiger partial charge is 0.0372 e. The molecule has 78 valence electrons. The number of nitrogens with one attached hydrogen (secondary N) is 1. The Labute approximate surface area is 86.8 Å². The van der Waals surface area contributed by atoms with Crippen molar-refractivity contribution in [3.05, 3.63) is 29.6 Å². The van der Waals surface area contributed by atoms with Crippen molar-refractivity contribution in [1.29, 1.82) is 0 Å². The van der Waals surface area contributed by atoms with Crippen LogP contribution >= 0.6 is 0 Å². The molecule has 0 saturated carbocycles. The molecule has 0 atom stereocenters. The van der Waals surface area contributed by atoms with E-state index >= 15 is 0 Å². The first-order valence-electron chi connectivity index (χ1n) is 5.14. The average molecular weight is 192 g/mol. The van der Waals surface area contributed by atoms with Crippen molar-refractivity contribution < 1.29 is 0 Å². The highest BCUT2D eigenvalue weighted by atomic mass is 14.9. The molecule has 0 spiro atoms. The number of hydrogen-bond donors (Lipinski definition) is 1. The summed E-state index contributed by atoms with van der Waals surface area (Å²) in [6.45, 7) is 9.56. The van der Waals surface area contributed by atoms with Crippen molar-refractivity contribution in [3.8, 4) is 0 Å². The molecule has 2 heteroatoms. The first-order chi connectivity index (χ1) is 6.47. The summed E-state index contributed by atoms with van der Waals surface area (Å²) in [6.07, 6.45) is 3.00. The Bertz CT molecular complexity index is 269. The minimum Gasteiger partial charge on any atom is -0.312 e. The zero-order chi connectivity index (χ0) is 10.6. The van der Waals surface area contributed by atoms with Gasteiger partial charge in [0, 0.05) is 17.4 Å². The number of aryl methyl sites for hydroxylation is 1. The Hall–Kier alpha value is -0.890. The summed E-state index contributed by atoms with van der Waals surface area (Å²) in [4.78, 5) is 4.27. The summed E-state index contributed by atoms with van der Waals surface area (Å²) in [6, 6.07) is 4.21. The van der Waals surface area contributed by atoms with Crippen LogP contribution in [0, 0.1) is 6.92 Å². The van der Waals surface area contributed by atoms with Crippen LogP contribution in [-0.2, 0) is 6.42 Å². The van der Waals surface area contributed by atoms with Gasteiger partial charge in [-0.1, -0.05) is 6.07 Å². The van der Waals surface area contributed by atoms with Gasteiger partial charge in [0.25, 0.3) is 0 Å². The maximum Gasteiger partial charge on any atom is 0.0372 e. The minimum atomic E-state index is 0.206. The lowest BCUT2D eigenvalue weighted by Crippen LogP contribution is -2.37. The quantitative estimate of drug-likeness (QED) is 0.795. The fourth-order valence-corrected chi connectivity index (χ4v) is 1.23. The Morgan fingerprint density at radius 3 is 2.50 bits per heavy atom. The number of hydrogen-bond acceptors (Lipinski definition) is 2. The van der Waals surface area contributed by atoms with Crippen molar-refractivity contribution in [3.63, 3.8) is 0 Å². The largest absolute Gasteiger partial charge is 0.312 e. The second-order valence-electron chi connectivity index (χ2n) is 4.73. The maximum atomic E-state index is 4.27. The van der Waals surface area contributed by atoms with Gasteiger partial charge in [0.15, 0.2) is 0 Å². The van der Waals surface area contributed by atoms with Gasteiger partial charge in [-0.15, -0.1) is 0 Å². The molecule has 0 aliphatic rings. The molecule has 1 aromatic heterocycles. The van der Waals surface area contributed by atoms with Gasteiger partial charge >= 0.3 is 0 Å². The Morgan fingerprint density at radius 2 is 2.00 bits per heavy atom. The summed E-state index contributed by atoms with van der Waals surface area (Å²) in [7, 11) is 0. The fraction of sp³-hybridized carbons (Fsp3) is 0.583. The van der Waals surface area contributed by atoms with Gasteiger partial charge in [0.1, 0.15) is 0 Å². The minimum absolute atomic E-state index is 0.206. The van der Waals surface area contributed by atoms with Crippen LogP contribution in [-0.4, -0.2) is 17.1 Å². The Balaban J connectivity index is 2.35. The van der Waals surface area contributed by atoms with Crippen LogP contribution in [0.25, 0.3) is 0 Å². The zero-order valence-corrected chi connectivity index (χ0v) is 9.59. The van der Waals surface area contributed by atoms with Crippen LogP contribution in [0.2, 0.25) is 0 Å². The van der Waals surface area contributed by atoms with E-state index in [1.54, 1.807) is 0 Å². The zero-order valence-electron chi connectivity index (χ0n) is 9.59. The molecular formula is C12H20N2. The van der Waals surface area contributed by atoms with Crippen molar-refractivity contribution in [2.24, 2.45) is 0 Å². The van der Waals surface area contributed by atoms with Gasteiger partial charge in [-0.2, -0.15) is 0 Å². The van der Waals surface area contributed by atoms with E-state index in [1.165, 1.54) is 5.56 Å². The molecule has 0 fully saturated rings. The van der Waals surface area contributed by atoms with Crippen molar-refractivity contribution in [2.45, 2.75) is 39.7 Å². The second kappa shape index (κ2) is 4.56. The topological polar surface area (TPSA) is 24.9 Å². The molecule has 0 aromatic carbocycles. The molecule has 0 aliphatic heterocycles. The molecule has 1 N–H and O–H groups in total. The predicted octanol–water partition coefficient (Wildman–Crippen LogP) is 2.32. The number of aromatic nitrogens is 1. The second-order valence-corrected chi connectivity index (χ2v) is 4.73. The van der Waals surface area contributed by atoms with Gasteiger partial charge in [0.2, 0.25) is 0 Å². The van der Waals surface area contributed by atoms with Crippen LogP contribution in [0.5, 0.6) is 0 Å². The third-order valence-corrected chi connectivity index (χ3v) is 2.04. The van der Waals surface area contributed by atoms with E-state index in [9.17, 15) is 0 Å². The van der Waals surface area contributed by atoms with Gasteiger partial charge in [0.05, 0.1) is 0 Å². The normalized spacial score (nSPS) is 11.7. The monoisotopic (exact) mass is 192 g/mol. The molecule has 2 nitrogen and oxygen atoms in total. The summed E-state index contributed by atoms with van der Waals surface area (Å²) in [5.41, 5.74) is 2.59. The average Bonchev–Trinajstić information content (AvgIpc) is 2.06. The van der Waals surface area contributed by atoms with Crippen LogP contribution < -0.4 is 5.32 Å². The molecule has 0 radical (unpaired) electrons. The number of rotatable bonds is 3. The molecule has 1 aromatic rings. The lowest BCUT2D eigenvalue weighted by Gasteiger charge is -2.20. The fourth-order valence-electron chi connectivity index (χ4n) is 1.23. The molecule has 14 heavy (non-hydrogen) atoms. The van der Waals surface area contributed by atoms with Crippen molar-refractivity contribution >= 4 is 0 Å². The lowest BCUT2D eigenvalue weighted by atomic mass is 10.1. The molecule has 0 aliphatic carbocycles. The van der Waals surface area contributed by atoms with Gasteiger partial charge < -0.3 is 5.32 Å². The molecule has 1 heterocycles. The highest BCUT2D eigenvalue weighted by Gasteiger charge is 2.07.